The number of hydrogen-bond acceptors (Lipinski definition) is 6. The largest absolute Gasteiger partial charge is 0.324 e. The normalized spacial score (nSPS) is 17.5. The predicted octanol–water partition coefficient (Wildman–Crippen LogP) is 4.16. The third kappa shape index (κ3) is 3.55. The standard InChI is InChI=1S/C16H13N3O3S2/c1-9-3-4-10(2)12(5-9)17-16-18-15(20)13(24-16)6-11-7-14(19(21)22)23-8-11/h3-8H,1-2H3,(H,17,18,20)/b13-6+. The molecule has 8 heteroatoms. The molecule has 1 fully saturated rings. The van der Waals surface area contributed by atoms with Gasteiger partial charge < -0.3 is 5.32 Å². The summed E-state index contributed by atoms with van der Waals surface area (Å²) in [4.78, 5) is 27.3. The number of carbonyl (C=O) groups is 1. The van der Waals surface area contributed by atoms with E-state index in [0.29, 0.717) is 15.6 Å². The van der Waals surface area contributed by atoms with Crippen molar-refractivity contribution in [2.24, 2.45) is 4.99 Å². The van der Waals surface area contributed by atoms with Gasteiger partial charge >= 0.3 is 5.00 Å². The number of nitrogens with zero attached hydrogens (tertiary/aromatic N) is 2. The Morgan fingerprint density at radius 1 is 1.29 bits per heavy atom. The van der Waals surface area contributed by atoms with Gasteiger partial charge in [0.25, 0.3) is 5.91 Å². The lowest BCUT2D eigenvalue weighted by atomic mass is 10.1. The predicted molar refractivity (Wildman–Crippen MR) is 97.7 cm³/mol. The molecule has 0 unspecified atom stereocenters. The van der Waals surface area contributed by atoms with Gasteiger partial charge in [-0.25, -0.2) is 4.99 Å². The lowest BCUT2D eigenvalue weighted by Gasteiger charge is -2.02. The molecule has 0 radical (unpaired) electrons. The molecule has 24 heavy (non-hydrogen) atoms. The van der Waals surface area contributed by atoms with Gasteiger partial charge in [-0.3, -0.25) is 14.9 Å². The number of benzene rings is 1. The Kier molecular flexibility index (Phi) is 4.50. The fourth-order valence-corrected chi connectivity index (χ4v) is 3.61. The van der Waals surface area contributed by atoms with Gasteiger partial charge in [0.05, 0.1) is 15.5 Å². The zero-order valence-corrected chi connectivity index (χ0v) is 14.5. The van der Waals surface area contributed by atoms with E-state index in [1.807, 2.05) is 32.0 Å². The van der Waals surface area contributed by atoms with Crippen LogP contribution in [0, 0.1) is 24.0 Å². The molecule has 0 atom stereocenters. The second-order valence-corrected chi connectivity index (χ2v) is 7.17. The summed E-state index contributed by atoms with van der Waals surface area (Å²) in [6.45, 7) is 3.94. The van der Waals surface area contributed by atoms with Crippen LogP contribution in [0.15, 0.2) is 39.5 Å². The number of carbonyl (C=O) groups excluding carboxylic acids is 1. The van der Waals surface area contributed by atoms with E-state index in [-0.39, 0.29) is 10.9 Å². The maximum Gasteiger partial charge on any atom is 0.324 e. The lowest BCUT2D eigenvalue weighted by molar-refractivity contribution is -0.380. The lowest BCUT2D eigenvalue weighted by Crippen LogP contribution is -2.19. The topological polar surface area (TPSA) is 84.6 Å². The van der Waals surface area contributed by atoms with Crippen molar-refractivity contribution >= 4 is 50.9 Å². The summed E-state index contributed by atoms with van der Waals surface area (Å²) in [6.07, 6.45) is 1.63. The summed E-state index contributed by atoms with van der Waals surface area (Å²) >= 11 is 2.26. The number of hydrogen-bond donors (Lipinski definition) is 1. The Hall–Kier alpha value is -2.45. The highest BCUT2D eigenvalue weighted by Crippen LogP contribution is 2.31. The first-order valence-electron chi connectivity index (χ1n) is 7.02. The van der Waals surface area contributed by atoms with Gasteiger partial charge in [0.15, 0.2) is 5.17 Å². The summed E-state index contributed by atoms with van der Waals surface area (Å²) < 4.78 is 0. The van der Waals surface area contributed by atoms with E-state index in [1.54, 1.807) is 11.5 Å². The molecule has 0 bridgehead atoms. The maximum absolute atomic E-state index is 12.1. The minimum Gasteiger partial charge on any atom is -0.300 e. The van der Waals surface area contributed by atoms with Crippen LogP contribution in [-0.4, -0.2) is 16.0 Å². The SMILES string of the molecule is Cc1ccc(C)c(N=C2NC(=O)/C(=C\c3csc([N+](=O)[O-])c3)S2)c1. The number of thioether (sulfide) groups is 1. The van der Waals surface area contributed by atoms with Crippen LogP contribution in [0.5, 0.6) is 0 Å². The molecule has 0 spiro atoms. The maximum atomic E-state index is 12.1. The van der Waals surface area contributed by atoms with E-state index in [0.717, 1.165) is 28.2 Å². The number of nitrogens with one attached hydrogen (secondary N) is 1. The number of amidine groups is 1. The fraction of sp³-hybridized carbons (Fsp3) is 0.125. The van der Waals surface area contributed by atoms with E-state index < -0.39 is 4.92 Å². The van der Waals surface area contributed by atoms with E-state index in [4.69, 9.17) is 0 Å². The molecule has 6 nitrogen and oxygen atoms in total. The van der Waals surface area contributed by atoms with Crippen LogP contribution in [0.4, 0.5) is 10.7 Å². The molecule has 3 rings (SSSR count). The van der Waals surface area contributed by atoms with Crippen LogP contribution in [0.2, 0.25) is 0 Å². The summed E-state index contributed by atoms with van der Waals surface area (Å²) in [5.74, 6) is -0.252. The second kappa shape index (κ2) is 6.58. The van der Waals surface area contributed by atoms with Crippen molar-refractivity contribution in [2.75, 3.05) is 0 Å². The minimum absolute atomic E-state index is 0.0505. The highest BCUT2D eigenvalue weighted by molar-refractivity contribution is 8.18. The highest BCUT2D eigenvalue weighted by atomic mass is 32.2. The van der Waals surface area contributed by atoms with Crippen LogP contribution < -0.4 is 5.32 Å². The second-order valence-electron chi connectivity index (χ2n) is 5.25. The molecule has 1 aromatic heterocycles. The summed E-state index contributed by atoms with van der Waals surface area (Å²) in [5.41, 5.74) is 3.56. The Bertz CT molecular complexity index is 900. The number of nitro groups is 1. The van der Waals surface area contributed by atoms with Crippen molar-refractivity contribution in [2.45, 2.75) is 13.8 Å². The fourth-order valence-electron chi connectivity index (χ4n) is 2.09. The zero-order chi connectivity index (χ0) is 17.3. The molecule has 2 aromatic rings. The number of amides is 1. The van der Waals surface area contributed by atoms with Crippen LogP contribution in [0.3, 0.4) is 0 Å². The number of aliphatic imine (C=N–C) groups is 1. The summed E-state index contributed by atoms with van der Waals surface area (Å²) in [6, 6.07) is 7.40. The van der Waals surface area contributed by atoms with Crippen molar-refractivity contribution < 1.29 is 9.72 Å². The molecule has 0 saturated carbocycles. The Balaban J connectivity index is 1.85. The number of rotatable bonds is 3. The quantitative estimate of drug-likeness (QED) is 0.506. The van der Waals surface area contributed by atoms with Gasteiger partial charge in [-0.05, 0) is 54.4 Å². The molecule has 1 amide bonds. The molecule has 1 aliphatic heterocycles. The minimum atomic E-state index is -0.443. The number of aryl methyl sites for hydroxylation is 2. The van der Waals surface area contributed by atoms with Crippen LogP contribution in [0.25, 0.3) is 6.08 Å². The van der Waals surface area contributed by atoms with Crippen molar-refractivity contribution in [3.8, 4) is 0 Å². The van der Waals surface area contributed by atoms with Gasteiger partial charge in [0, 0.05) is 11.4 Å². The van der Waals surface area contributed by atoms with Crippen LogP contribution >= 0.6 is 23.1 Å². The average molecular weight is 359 g/mol. The van der Waals surface area contributed by atoms with Gasteiger partial charge in [0.2, 0.25) is 0 Å². The van der Waals surface area contributed by atoms with Crippen LogP contribution in [-0.2, 0) is 4.79 Å². The van der Waals surface area contributed by atoms with E-state index in [2.05, 4.69) is 10.3 Å². The zero-order valence-electron chi connectivity index (χ0n) is 12.9. The van der Waals surface area contributed by atoms with Gasteiger partial charge in [-0.2, -0.15) is 0 Å². The Labute approximate surface area is 146 Å². The van der Waals surface area contributed by atoms with E-state index >= 15 is 0 Å². The van der Waals surface area contributed by atoms with E-state index in [1.165, 1.54) is 17.8 Å². The number of thiophene rings is 1. The first kappa shape index (κ1) is 16.4. The molecule has 122 valence electrons. The first-order chi connectivity index (χ1) is 11.4. The van der Waals surface area contributed by atoms with E-state index in [9.17, 15) is 14.9 Å². The smallest absolute Gasteiger partial charge is 0.300 e. The Morgan fingerprint density at radius 3 is 2.79 bits per heavy atom. The molecular formula is C16H13N3O3S2. The monoisotopic (exact) mass is 359 g/mol. The van der Waals surface area contributed by atoms with Crippen molar-refractivity contribution in [1.82, 2.24) is 5.32 Å². The van der Waals surface area contributed by atoms with Gasteiger partial charge in [-0.1, -0.05) is 23.5 Å². The molecule has 1 aromatic carbocycles. The average Bonchev–Trinajstić information content (AvgIpc) is 3.11. The molecule has 1 saturated heterocycles. The Morgan fingerprint density at radius 2 is 2.08 bits per heavy atom. The van der Waals surface area contributed by atoms with Crippen molar-refractivity contribution in [1.29, 1.82) is 0 Å². The third-order valence-corrected chi connectivity index (χ3v) is 5.13. The molecule has 1 N–H and O–H groups in total. The molecule has 0 aliphatic carbocycles. The van der Waals surface area contributed by atoms with Crippen molar-refractivity contribution in [3.63, 3.8) is 0 Å². The highest BCUT2D eigenvalue weighted by Gasteiger charge is 2.24. The van der Waals surface area contributed by atoms with Crippen LogP contribution in [0.1, 0.15) is 16.7 Å². The summed E-state index contributed by atoms with van der Waals surface area (Å²) in [5, 5.41) is 15.7. The molecular weight excluding hydrogens is 346 g/mol. The summed E-state index contributed by atoms with van der Waals surface area (Å²) in [7, 11) is 0. The van der Waals surface area contributed by atoms with Gasteiger partial charge in [-0.15, -0.1) is 0 Å². The molecule has 2 heterocycles. The third-order valence-electron chi connectivity index (χ3n) is 3.32. The van der Waals surface area contributed by atoms with Crippen molar-refractivity contribution in [3.05, 3.63) is 61.4 Å². The van der Waals surface area contributed by atoms with Gasteiger partial charge in [0.1, 0.15) is 0 Å². The first-order valence-corrected chi connectivity index (χ1v) is 8.72. The molecule has 1 aliphatic rings.